The zero-order valence-corrected chi connectivity index (χ0v) is 18.7. The zero-order valence-electron chi connectivity index (χ0n) is 18.7. The van der Waals surface area contributed by atoms with Gasteiger partial charge in [0.25, 0.3) is 0 Å². The maximum atomic E-state index is 13.0. The van der Waals surface area contributed by atoms with Gasteiger partial charge in [0.2, 0.25) is 5.91 Å². The lowest BCUT2D eigenvalue weighted by atomic mass is 10.1. The van der Waals surface area contributed by atoms with Crippen molar-refractivity contribution in [2.45, 2.75) is 20.3 Å². The molecule has 0 aliphatic carbocycles. The van der Waals surface area contributed by atoms with Crippen LogP contribution in [0.5, 0.6) is 0 Å². The molecular formula is C24H27N7O. The fourth-order valence-electron chi connectivity index (χ4n) is 4.49. The summed E-state index contributed by atoms with van der Waals surface area (Å²) >= 11 is 0. The van der Waals surface area contributed by atoms with Gasteiger partial charge in [-0.15, -0.1) is 10.2 Å². The Balaban J connectivity index is 1.22. The van der Waals surface area contributed by atoms with Gasteiger partial charge in [-0.3, -0.25) is 4.79 Å². The van der Waals surface area contributed by atoms with Crippen LogP contribution in [0.3, 0.4) is 0 Å². The Hall–Kier alpha value is -3.68. The van der Waals surface area contributed by atoms with Crippen molar-refractivity contribution in [3.63, 3.8) is 0 Å². The number of carbonyl (C=O) groups is 1. The summed E-state index contributed by atoms with van der Waals surface area (Å²) in [6.07, 6.45) is 2.50. The van der Waals surface area contributed by atoms with E-state index in [-0.39, 0.29) is 5.91 Å². The largest absolute Gasteiger partial charge is 0.352 e. The molecule has 0 radical (unpaired) electrons. The van der Waals surface area contributed by atoms with Gasteiger partial charge in [0.15, 0.2) is 11.6 Å². The lowest BCUT2D eigenvalue weighted by Crippen LogP contribution is -2.49. The molecule has 4 aromatic rings. The second-order valence-corrected chi connectivity index (χ2v) is 8.42. The predicted molar refractivity (Wildman–Crippen MR) is 124 cm³/mol. The third kappa shape index (κ3) is 3.72. The van der Waals surface area contributed by atoms with Crippen LogP contribution in [0.4, 0.5) is 5.82 Å². The van der Waals surface area contributed by atoms with Crippen molar-refractivity contribution in [1.82, 2.24) is 29.4 Å². The van der Waals surface area contributed by atoms with E-state index in [9.17, 15) is 4.79 Å². The highest BCUT2D eigenvalue weighted by atomic mass is 16.2. The van der Waals surface area contributed by atoms with Crippen LogP contribution in [0.1, 0.15) is 17.0 Å². The predicted octanol–water partition coefficient (Wildman–Crippen LogP) is 2.66. The summed E-state index contributed by atoms with van der Waals surface area (Å²) in [5.74, 6) is 1.71. The van der Waals surface area contributed by atoms with Crippen LogP contribution in [-0.4, -0.2) is 61.5 Å². The Morgan fingerprint density at radius 1 is 0.969 bits per heavy atom. The van der Waals surface area contributed by atoms with Crippen LogP contribution in [-0.2, 0) is 18.3 Å². The van der Waals surface area contributed by atoms with Crippen LogP contribution in [0.25, 0.3) is 16.7 Å². The van der Waals surface area contributed by atoms with Crippen LogP contribution >= 0.6 is 0 Å². The molecule has 0 saturated carbocycles. The van der Waals surface area contributed by atoms with Gasteiger partial charge in [0, 0.05) is 56.0 Å². The van der Waals surface area contributed by atoms with E-state index in [0.717, 1.165) is 46.8 Å². The van der Waals surface area contributed by atoms with Crippen LogP contribution in [0.15, 0.2) is 48.7 Å². The van der Waals surface area contributed by atoms with Crippen molar-refractivity contribution in [3.8, 4) is 5.82 Å². The number of aromatic nitrogens is 5. The van der Waals surface area contributed by atoms with Crippen molar-refractivity contribution in [3.05, 3.63) is 65.6 Å². The van der Waals surface area contributed by atoms with E-state index in [1.165, 1.54) is 0 Å². The third-order valence-corrected chi connectivity index (χ3v) is 6.14. The number of nitrogens with zero attached hydrogens (tertiary/aromatic N) is 7. The van der Waals surface area contributed by atoms with Crippen LogP contribution in [0.2, 0.25) is 0 Å². The first-order chi connectivity index (χ1) is 15.5. The Bertz CT molecular complexity index is 1260. The van der Waals surface area contributed by atoms with Crippen molar-refractivity contribution >= 4 is 22.6 Å². The van der Waals surface area contributed by atoms with E-state index >= 15 is 0 Å². The standard InChI is InChI=1S/C24H27N7O/c1-17-14-18(2)31(27-17)23-9-8-22(25-26-23)29-10-12-30(13-11-29)24(32)15-19-16-28(3)21-7-5-4-6-20(19)21/h4-9,14,16H,10-13,15H2,1-3H3. The average Bonchev–Trinajstić information content (AvgIpc) is 3.32. The second kappa shape index (κ2) is 8.11. The molecule has 8 heteroatoms. The first-order valence-corrected chi connectivity index (χ1v) is 10.9. The number of rotatable bonds is 4. The van der Waals surface area contributed by atoms with Crippen molar-refractivity contribution in [2.75, 3.05) is 31.1 Å². The number of benzene rings is 1. The molecule has 1 amide bonds. The number of hydrogen-bond acceptors (Lipinski definition) is 5. The molecule has 0 unspecified atom stereocenters. The Morgan fingerprint density at radius 2 is 1.69 bits per heavy atom. The summed E-state index contributed by atoms with van der Waals surface area (Å²) in [5.41, 5.74) is 4.23. The molecule has 1 aliphatic rings. The third-order valence-electron chi connectivity index (χ3n) is 6.14. The minimum Gasteiger partial charge on any atom is -0.352 e. The number of para-hydroxylation sites is 1. The summed E-state index contributed by atoms with van der Waals surface area (Å²) in [6.45, 7) is 6.83. The van der Waals surface area contributed by atoms with Gasteiger partial charge in [-0.05, 0) is 43.7 Å². The second-order valence-electron chi connectivity index (χ2n) is 8.42. The number of anilines is 1. The molecule has 1 saturated heterocycles. The number of hydrogen-bond donors (Lipinski definition) is 0. The number of carbonyl (C=O) groups excluding carboxylic acids is 1. The molecule has 4 heterocycles. The Morgan fingerprint density at radius 3 is 2.38 bits per heavy atom. The van der Waals surface area contributed by atoms with Crippen molar-refractivity contribution < 1.29 is 4.79 Å². The molecule has 1 aromatic carbocycles. The molecule has 164 valence electrons. The lowest BCUT2D eigenvalue weighted by molar-refractivity contribution is -0.130. The SMILES string of the molecule is Cc1cc(C)n(-c2ccc(N3CCN(C(=O)Cc4cn(C)c5ccccc45)CC3)nn2)n1. The Labute approximate surface area is 187 Å². The van der Waals surface area contributed by atoms with Gasteiger partial charge in [-0.1, -0.05) is 18.2 Å². The highest BCUT2D eigenvalue weighted by Crippen LogP contribution is 2.22. The molecule has 1 aliphatic heterocycles. The molecule has 0 atom stereocenters. The summed E-state index contributed by atoms with van der Waals surface area (Å²) < 4.78 is 3.89. The van der Waals surface area contributed by atoms with E-state index in [2.05, 4.69) is 43.1 Å². The van der Waals surface area contributed by atoms with E-state index in [4.69, 9.17) is 0 Å². The number of piperazine rings is 1. The van der Waals surface area contributed by atoms with Gasteiger partial charge in [0.1, 0.15) is 0 Å². The van der Waals surface area contributed by atoms with Gasteiger partial charge in [-0.2, -0.15) is 5.10 Å². The molecule has 0 spiro atoms. The maximum absolute atomic E-state index is 13.0. The van der Waals surface area contributed by atoms with E-state index in [1.54, 1.807) is 4.68 Å². The fraction of sp³-hybridized carbons (Fsp3) is 0.333. The minimum absolute atomic E-state index is 0.173. The number of amides is 1. The topological polar surface area (TPSA) is 72.1 Å². The van der Waals surface area contributed by atoms with Gasteiger partial charge in [-0.25, -0.2) is 4.68 Å². The monoisotopic (exact) mass is 429 g/mol. The van der Waals surface area contributed by atoms with Crippen molar-refractivity contribution in [1.29, 1.82) is 0 Å². The highest BCUT2D eigenvalue weighted by molar-refractivity contribution is 5.89. The van der Waals surface area contributed by atoms with Gasteiger partial charge >= 0.3 is 0 Å². The van der Waals surface area contributed by atoms with Gasteiger partial charge in [0.05, 0.1) is 12.1 Å². The number of fused-ring (bicyclic) bond motifs is 1. The minimum atomic E-state index is 0.173. The zero-order chi connectivity index (χ0) is 22.2. The van der Waals surface area contributed by atoms with Gasteiger partial charge < -0.3 is 14.4 Å². The molecular weight excluding hydrogens is 402 g/mol. The normalized spacial score (nSPS) is 14.3. The van der Waals surface area contributed by atoms with E-state index in [0.29, 0.717) is 25.3 Å². The van der Waals surface area contributed by atoms with Crippen molar-refractivity contribution in [2.24, 2.45) is 7.05 Å². The number of aryl methyl sites for hydroxylation is 3. The van der Waals surface area contributed by atoms with Crippen LogP contribution < -0.4 is 4.90 Å². The summed E-state index contributed by atoms with van der Waals surface area (Å²) in [7, 11) is 2.02. The summed E-state index contributed by atoms with van der Waals surface area (Å²) in [5, 5.41) is 14.4. The Kier molecular flexibility index (Phi) is 5.13. The smallest absolute Gasteiger partial charge is 0.227 e. The molecule has 0 bridgehead atoms. The van der Waals surface area contributed by atoms with E-state index in [1.807, 2.05) is 56.1 Å². The lowest BCUT2D eigenvalue weighted by Gasteiger charge is -2.35. The van der Waals surface area contributed by atoms with E-state index < -0.39 is 0 Å². The first kappa shape index (κ1) is 20.2. The first-order valence-electron chi connectivity index (χ1n) is 10.9. The average molecular weight is 430 g/mol. The highest BCUT2D eigenvalue weighted by Gasteiger charge is 2.23. The summed E-state index contributed by atoms with van der Waals surface area (Å²) in [4.78, 5) is 17.1. The quantitative estimate of drug-likeness (QED) is 0.499. The maximum Gasteiger partial charge on any atom is 0.227 e. The van der Waals surface area contributed by atoms with Crippen LogP contribution in [0, 0.1) is 13.8 Å². The molecule has 32 heavy (non-hydrogen) atoms. The molecule has 1 fully saturated rings. The fourth-order valence-corrected chi connectivity index (χ4v) is 4.49. The summed E-state index contributed by atoms with van der Waals surface area (Å²) in [6, 6.07) is 14.2. The molecule has 3 aromatic heterocycles. The molecule has 8 nitrogen and oxygen atoms in total. The molecule has 0 N–H and O–H groups in total. The molecule has 5 rings (SSSR count).